The average Bonchev–Trinajstić information content (AvgIpc) is 2.05. The predicted molar refractivity (Wildman–Crippen MR) is 52.4 cm³/mol. The number of rotatable bonds is 6. The Hall–Kier alpha value is -0.220. The number of hydrogen-bond donors (Lipinski definition) is 2. The molecule has 0 rings (SSSR count). The van der Waals surface area contributed by atoms with Crippen molar-refractivity contribution in [1.29, 1.82) is 0 Å². The molecule has 0 radical (unpaired) electrons. The van der Waals surface area contributed by atoms with Crippen LogP contribution in [-0.4, -0.2) is 28.1 Å². The molecular formula is C8H17NO2S. The van der Waals surface area contributed by atoms with Gasteiger partial charge in [-0.15, -0.1) is 0 Å². The lowest BCUT2D eigenvalue weighted by atomic mass is 10.3. The third kappa shape index (κ3) is 4.62. The molecule has 0 bridgehead atoms. The number of hydrogen-bond acceptors (Lipinski definition) is 3. The van der Waals surface area contributed by atoms with Crippen LogP contribution in [0.3, 0.4) is 0 Å². The highest BCUT2D eigenvalue weighted by atomic mass is 32.2. The molecular weight excluding hydrogens is 174 g/mol. The monoisotopic (exact) mass is 191 g/mol. The van der Waals surface area contributed by atoms with Crippen LogP contribution in [0.2, 0.25) is 0 Å². The van der Waals surface area contributed by atoms with Crippen LogP contribution in [0.15, 0.2) is 0 Å². The Morgan fingerprint density at radius 3 is 2.33 bits per heavy atom. The number of aliphatic carboxylic acids is 1. The first-order valence-corrected chi connectivity index (χ1v) is 5.26. The average molecular weight is 191 g/mol. The Morgan fingerprint density at radius 2 is 2.00 bits per heavy atom. The van der Waals surface area contributed by atoms with Crippen molar-refractivity contribution in [3.8, 4) is 0 Å². The summed E-state index contributed by atoms with van der Waals surface area (Å²) in [6.07, 6.45) is 2.15. The molecule has 0 heterocycles. The molecule has 4 heteroatoms. The van der Waals surface area contributed by atoms with Gasteiger partial charge >= 0.3 is 5.97 Å². The lowest BCUT2D eigenvalue weighted by Crippen LogP contribution is -2.33. The molecule has 1 unspecified atom stereocenters. The lowest BCUT2D eigenvalue weighted by Gasteiger charge is -2.13. The summed E-state index contributed by atoms with van der Waals surface area (Å²) < 4.78 is 0. The molecule has 0 aromatic heterocycles. The first-order chi connectivity index (χ1) is 5.61. The molecule has 0 aliphatic heterocycles. The maximum Gasteiger partial charge on any atom is 0.321 e. The smallest absolute Gasteiger partial charge is 0.321 e. The van der Waals surface area contributed by atoms with E-state index >= 15 is 0 Å². The van der Waals surface area contributed by atoms with Gasteiger partial charge in [-0.1, -0.05) is 13.8 Å². The van der Waals surface area contributed by atoms with Crippen molar-refractivity contribution in [1.82, 2.24) is 0 Å². The zero-order valence-corrected chi connectivity index (χ0v) is 8.43. The van der Waals surface area contributed by atoms with Gasteiger partial charge in [0.15, 0.2) is 0 Å². The van der Waals surface area contributed by atoms with Crippen molar-refractivity contribution >= 4 is 17.7 Å². The van der Waals surface area contributed by atoms with Gasteiger partial charge in [0.05, 0.1) is 0 Å². The highest BCUT2D eigenvalue weighted by Crippen LogP contribution is 2.17. The Balaban J connectivity index is 3.58. The molecule has 0 saturated carbocycles. The highest BCUT2D eigenvalue weighted by molar-refractivity contribution is 7.99. The van der Waals surface area contributed by atoms with E-state index in [1.54, 1.807) is 11.8 Å². The Labute approximate surface area is 77.7 Å². The number of carboxylic acids is 1. The number of nitrogens with two attached hydrogens (primary N) is 1. The number of thioether (sulfide) groups is 1. The predicted octanol–water partition coefficient (Wildman–Crippen LogP) is 1.32. The third-order valence-electron chi connectivity index (χ3n) is 1.74. The molecule has 72 valence electrons. The maximum atomic E-state index is 10.4. The van der Waals surface area contributed by atoms with Crippen LogP contribution in [0.5, 0.6) is 0 Å². The summed E-state index contributed by atoms with van der Waals surface area (Å²) in [5, 5.41) is 9.05. The molecule has 0 spiro atoms. The Kier molecular flexibility index (Phi) is 6.20. The van der Waals surface area contributed by atoms with Crippen molar-refractivity contribution in [2.24, 2.45) is 5.73 Å². The minimum atomic E-state index is -0.909. The minimum Gasteiger partial charge on any atom is -0.480 e. The summed E-state index contributed by atoms with van der Waals surface area (Å²) in [4.78, 5) is 10.4. The quantitative estimate of drug-likeness (QED) is 0.664. The largest absolute Gasteiger partial charge is 0.480 e. The van der Waals surface area contributed by atoms with Crippen LogP contribution >= 0.6 is 11.8 Å². The van der Waals surface area contributed by atoms with Crippen molar-refractivity contribution in [3.05, 3.63) is 0 Å². The molecule has 0 amide bonds. The molecule has 0 saturated heterocycles. The molecule has 0 aromatic carbocycles. The lowest BCUT2D eigenvalue weighted by molar-refractivity contribution is -0.137. The standard InChI is InChI=1S/C8H17NO2S/c1-3-6(4-2)12-5-7(9)8(10)11/h6-7H,3-5,9H2,1-2H3,(H,10,11). The molecule has 3 nitrogen and oxygen atoms in total. The van der Waals surface area contributed by atoms with Gasteiger partial charge < -0.3 is 10.8 Å². The summed E-state index contributed by atoms with van der Waals surface area (Å²) in [6.45, 7) is 4.21. The summed E-state index contributed by atoms with van der Waals surface area (Å²) >= 11 is 1.65. The Bertz CT molecular complexity index is 137. The second kappa shape index (κ2) is 6.31. The van der Waals surface area contributed by atoms with E-state index in [0.717, 1.165) is 12.8 Å². The van der Waals surface area contributed by atoms with Gasteiger partial charge in [-0.25, -0.2) is 0 Å². The first-order valence-electron chi connectivity index (χ1n) is 4.21. The van der Waals surface area contributed by atoms with Crippen molar-refractivity contribution in [2.75, 3.05) is 5.75 Å². The van der Waals surface area contributed by atoms with E-state index in [1.165, 1.54) is 0 Å². The second-order valence-corrected chi connectivity index (χ2v) is 4.05. The zero-order valence-electron chi connectivity index (χ0n) is 7.62. The SMILES string of the molecule is CCC(CC)SCC(N)C(=O)O. The Morgan fingerprint density at radius 1 is 1.50 bits per heavy atom. The topological polar surface area (TPSA) is 63.3 Å². The summed E-state index contributed by atoms with van der Waals surface area (Å²) in [7, 11) is 0. The molecule has 12 heavy (non-hydrogen) atoms. The summed E-state index contributed by atoms with van der Waals surface area (Å²) in [5.41, 5.74) is 5.35. The normalized spacial score (nSPS) is 13.3. The van der Waals surface area contributed by atoms with Crippen molar-refractivity contribution in [2.45, 2.75) is 38.0 Å². The van der Waals surface area contributed by atoms with Crippen LogP contribution in [0.25, 0.3) is 0 Å². The highest BCUT2D eigenvalue weighted by Gasteiger charge is 2.13. The van der Waals surface area contributed by atoms with E-state index in [2.05, 4.69) is 13.8 Å². The van der Waals surface area contributed by atoms with E-state index < -0.39 is 12.0 Å². The van der Waals surface area contributed by atoms with Gasteiger partial charge in [-0.3, -0.25) is 4.79 Å². The van der Waals surface area contributed by atoms with Gasteiger partial charge in [0.2, 0.25) is 0 Å². The van der Waals surface area contributed by atoms with E-state index in [0.29, 0.717) is 11.0 Å². The molecule has 0 aromatic rings. The first kappa shape index (κ1) is 11.8. The van der Waals surface area contributed by atoms with Crippen LogP contribution in [0.1, 0.15) is 26.7 Å². The number of carbonyl (C=O) groups is 1. The van der Waals surface area contributed by atoms with E-state index in [9.17, 15) is 4.79 Å². The van der Waals surface area contributed by atoms with Gasteiger partial charge in [-0.05, 0) is 12.8 Å². The fourth-order valence-corrected chi connectivity index (χ4v) is 1.93. The van der Waals surface area contributed by atoms with Crippen LogP contribution in [0.4, 0.5) is 0 Å². The second-order valence-electron chi connectivity index (χ2n) is 2.72. The summed E-state index contributed by atoms with van der Waals surface area (Å²) in [6, 6.07) is -0.712. The van der Waals surface area contributed by atoms with E-state index in [4.69, 9.17) is 10.8 Å². The van der Waals surface area contributed by atoms with Crippen molar-refractivity contribution < 1.29 is 9.90 Å². The van der Waals surface area contributed by atoms with Gasteiger partial charge in [-0.2, -0.15) is 11.8 Å². The number of carboxylic acid groups (broad SMARTS) is 1. The van der Waals surface area contributed by atoms with Gasteiger partial charge in [0.25, 0.3) is 0 Å². The molecule has 0 aliphatic carbocycles. The molecule has 1 atom stereocenters. The maximum absolute atomic E-state index is 10.4. The van der Waals surface area contributed by atoms with Crippen LogP contribution in [-0.2, 0) is 4.79 Å². The zero-order chi connectivity index (χ0) is 9.56. The molecule has 0 aliphatic rings. The van der Waals surface area contributed by atoms with Gasteiger partial charge in [0.1, 0.15) is 6.04 Å². The molecule has 3 N–H and O–H groups in total. The minimum absolute atomic E-state index is 0.516. The fraction of sp³-hybridized carbons (Fsp3) is 0.875. The summed E-state index contributed by atoms with van der Waals surface area (Å²) in [5.74, 6) is -0.393. The van der Waals surface area contributed by atoms with Gasteiger partial charge in [0, 0.05) is 11.0 Å². The van der Waals surface area contributed by atoms with Crippen LogP contribution in [0, 0.1) is 0 Å². The molecule has 0 fully saturated rings. The third-order valence-corrected chi connectivity index (χ3v) is 3.43. The van der Waals surface area contributed by atoms with Crippen LogP contribution < -0.4 is 5.73 Å². The van der Waals surface area contributed by atoms with E-state index in [-0.39, 0.29) is 0 Å². The fourth-order valence-electron chi connectivity index (χ4n) is 0.835. The van der Waals surface area contributed by atoms with E-state index in [1.807, 2.05) is 0 Å². The van der Waals surface area contributed by atoms with Crippen molar-refractivity contribution in [3.63, 3.8) is 0 Å².